The highest BCUT2D eigenvalue weighted by Gasteiger charge is 2.21. The minimum atomic E-state index is 0.0222. The average Bonchev–Trinajstić information content (AvgIpc) is 2.92. The van der Waals surface area contributed by atoms with Gasteiger partial charge in [0, 0.05) is 29.8 Å². The lowest BCUT2D eigenvalue weighted by atomic mass is 10.1. The number of amides is 1. The van der Waals surface area contributed by atoms with Crippen LogP contribution in [0, 0.1) is 5.92 Å². The van der Waals surface area contributed by atoms with Crippen LogP contribution in [0.3, 0.4) is 0 Å². The number of hydrogen-bond donors (Lipinski definition) is 1. The molecule has 5 heteroatoms. The Labute approximate surface area is 123 Å². The van der Waals surface area contributed by atoms with Gasteiger partial charge in [-0.05, 0) is 61.8 Å². The van der Waals surface area contributed by atoms with Crippen LogP contribution in [0.5, 0.6) is 0 Å². The van der Waals surface area contributed by atoms with E-state index in [9.17, 15) is 4.79 Å². The van der Waals surface area contributed by atoms with Gasteiger partial charge in [0.2, 0.25) is 0 Å². The van der Waals surface area contributed by atoms with Gasteiger partial charge in [-0.1, -0.05) is 0 Å². The fourth-order valence-corrected chi connectivity index (χ4v) is 3.01. The summed E-state index contributed by atoms with van der Waals surface area (Å²) in [5.74, 6) is 0.605. The molecule has 1 fully saturated rings. The first-order valence-electron chi connectivity index (χ1n) is 6.81. The van der Waals surface area contributed by atoms with Crippen LogP contribution in [0.1, 0.15) is 36.8 Å². The lowest BCUT2D eigenvalue weighted by Crippen LogP contribution is -2.32. The summed E-state index contributed by atoms with van der Waals surface area (Å²) in [4.78, 5) is 14.6. The van der Waals surface area contributed by atoms with E-state index in [1.54, 1.807) is 0 Å². The second-order valence-electron chi connectivity index (χ2n) is 5.67. The smallest absolute Gasteiger partial charge is 0.267 e. The molecule has 1 aliphatic heterocycles. The topological polar surface area (TPSA) is 37.3 Å². The molecule has 1 saturated heterocycles. The predicted octanol–water partition coefficient (Wildman–Crippen LogP) is 2.51. The molecule has 4 nitrogen and oxygen atoms in total. The summed E-state index contributed by atoms with van der Waals surface area (Å²) in [6.07, 6.45) is 3.13. The Kier molecular flexibility index (Phi) is 4.68. The Morgan fingerprint density at radius 2 is 2.32 bits per heavy atom. The van der Waals surface area contributed by atoms with Crippen molar-refractivity contribution in [1.29, 1.82) is 0 Å². The summed E-state index contributed by atoms with van der Waals surface area (Å²) >= 11 is 3.44. The Morgan fingerprint density at radius 1 is 1.58 bits per heavy atom. The van der Waals surface area contributed by atoms with E-state index in [2.05, 4.69) is 47.0 Å². The summed E-state index contributed by atoms with van der Waals surface area (Å²) in [7, 11) is 2.13. The maximum absolute atomic E-state index is 12.3. The molecule has 1 aliphatic rings. The number of likely N-dealkylation sites (tertiary alicyclic amines) is 1. The molecule has 0 spiro atoms. The number of hydrogen-bond acceptors (Lipinski definition) is 2. The number of carbonyl (C=O) groups is 1. The van der Waals surface area contributed by atoms with Gasteiger partial charge in [-0.25, -0.2) is 0 Å². The molecule has 19 heavy (non-hydrogen) atoms. The first-order chi connectivity index (χ1) is 8.97. The Hall–Kier alpha value is -0.810. The third kappa shape index (κ3) is 3.60. The summed E-state index contributed by atoms with van der Waals surface area (Å²) in [5.41, 5.74) is 0.730. The Balaban J connectivity index is 1.96. The van der Waals surface area contributed by atoms with Gasteiger partial charge in [0.1, 0.15) is 5.69 Å². The van der Waals surface area contributed by atoms with E-state index >= 15 is 0 Å². The quantitative estimate of drug-likeness (QED) is 0.922. The maximum atomic E-state index is 12.3. The highest BCUT2D eigenvalue weighted by Crippen LogP contribution is 2.19. The van der Waals surface area contributed by atoms with Crippen molar-refractivity contribution >= 4 is 21.8 Å². The molecule has 0 bridgehead atoms. The van der Waals surface area contributed by atoms with Gasteiger partial charge in [0.05, 0.1) is 0 Å². The fourth-order valence-electron chi connectivity index (χ4n) is 2.58. The molecule has 0 radical (unpaired) electrons. The van der Waals surface area contributed by atoms with Crippen molar-refractivity contribution in [3.05, 3.63) is 22.4 Å². The second-order valence-corrected chi connectivity index (χ2v) is 6.59. The van der Waals surface area contributed by atoms with Crippen molar-refractivity contribution in [3.63, 3.8) is 0 Å². The molecule has 1 aromatic heterocycles. The van der Waals surface area contributed by atoms with Gasteiger partial charge in [-0.2, -0.15) is 0 Å². The third-order valence-corrected chi connectivity index (χ3v) is 4.08. The first kappa shape index (κ1) is 14.6. The number of carbonyl (C=O) groups excluding carboxylic acids is 1. The van der Waals surface area contributed by atoms with Crippen molar-refractivity contribution < 1.29 is 4.79 Å². The van der Waals surface area contributed by atoms with Crippen molar-refractivity contribution in [2.24, 2.45) is 5.92 Å². The fraction of sp³-hybridized carbons (Fsp3) is 0.643. The van der Waals surface area contributed by atoms with Gasteiger partial charge in [0.15, 0.2) is 0 Å². The molecule has 0 saturated carbocycles. The molecule has 1 aromatic rings. The molecule has 1 unspecified atom stereocenters. The summed E-state index contributed by atoms with van der Waals surface area (Å²) in [6.45, 7) is 7.14. The zero-order valence-electron chi connectivity index (χ0n) is 11.8. The van der Waals surface area contributed by atoms with E-state index in [-0.39, 0.29) is 11.9 Å². The molecule has 0 aromatic carbocycles. The van der Waals surface area contributed by atoms with Gasteiger partial charge < -0.3 is 14.8 Å². The monoisotopic (exact) mass is 327 g/mol. The minimum absolute atomic E-state index is 0.0222. The van der Waals surface area contributed by atoms with E-state index in [4.69, 9.17) is 0 Å². The zero-order chi connectivity index (χ0) is 14.0. The SMILES string of the molecule is CC(C)n1cc(Br)cc1C(=O)NCC1CCN(C)C1. The molecular weight excluding hydrogens is 306 g/mol. The molecule has 106 valence electrons. The molecule has 1 amide bonds. The van der Waals surface area contributed by atoms with Crippen LogP contribution in [0.25, 0.3) is 0 Å². The molecule has 2 rings (SSSR count). The average molecular weight is 328 g/mol. The van der Waals surface area contributed by atoms with Crippen LogP contribution < -0.4 is 5.32 Å². The summed E-state index contributed by atoms with van der Waals surface area (Å²) in [6, 6.07) is 2.17. The van der Waals surface area contributed by atoms with Gasteiger partial charge in [0.25, 0.3) is 5.91 Å². The van der Waals surface area contributed by atoms with E-state index in [0.29, 0.717) is 5.92 Å². The van der Waals surface area contributed by atoms with E-state index in [1.165, 1.54) is 6.42 Å². The summed E-state index contributed by atoms with van der Waals surface area (Å²) < 4.78 is 2.95. The van der Waals surface area contributed by atoms with E-state index < -0.39 is 0 Å². The van der Waals surface area contributed by atoms with Crippen LogP contribution in [0.2, 0.25) is 0 Å². The maximum Gasteiger partial charge on any atom is 0.267 e. The number of nitrogens with zero attached hydrogens (tertiary/aromatic N) is 2. The number of nitrogens with one attached hydrogen (secondary N) is 1. The second kappa shape index (κ2) is 6.09. The lowest BCUT2D eigenvalue weighted by Gasteiger charge is -2.15. The van der Waals surface area contributed by atoms with Crippen molar-refractivity contribution in [3.8, 4) is 0 Å². The van der Waals surface area contributed by atoms with Crippen LogP contribution >= 0.6 is 15.9 Å². The highest BCUT2D eigenvalue weighted by atomic mass is 79.9. The predicted molar refractivity (Wildman–Crippen MR) is 80.5 cm³/mol. The Morgan fingerprint density at radius 3 is 2.89 bits per heavy atom. The van der Waals surface area contributed by atoms with Crippen molar-refractivity contribution in [1.82, 2.24) is 14.8 Å². The van der Waals surface area contributed by atoms with E-state index in [0.717, 1.165) is 29.8 Å². The van der Waals surface area contributed by atoms with E-state index in [1.807, 2.05) is 16.8 Å². The van der Waals surface area contributed by atoms with Crippen LogP contribution in [0.15, 0.2) is 16.7 Å². The molecule has 1 atom stereocenters. The summed E-state index contributed by atoms with van der Waals surface area (Å²) in [5, 5.41) is 3.06. The van der Waals surface area contributed by atoms with Crippen LogP contribution in [-0.2, 0) is 0 Å². The zero-order valence-corrected chi connectivity index (χ0v) is 13.4. The molecule has 1 N–H and O–H groups in total. The number of rotatable bonds is 4. The largest absolute Gasteiger partial charge is 0.350 e. The van der Waals surface area contributed by atoms with Crippen LogP contribution in [-0.4, -0.2) is 42.1 Å². The molecular formula is C14H22BrN3O. The van der Waals surface area contributed by atoms with Gasteiger partial charge in [-0.3, -0.25) is 4.79 Å². The minimum Gasteiger partial charge on any atom is -0.350 e. The third-order valence-electron chi connectivity index (χ3n) is 3.64. The number of aromatic nitrogens is 1. The molecule has 2 heterocycles. The standard InChI is InChI=1S/C14H22BrN3O/c1-10(2)18-9-12(15)6-13(18)14(19)16-7-11-4-5-17(3)8-11/h6,9-11H,4-5,7-8H2,1-3H3,(H,16,19). The first-order valence-corrected chi connectivity index (χ1v) is 7.60. The van der Waals surface area contributed by atoms with Crippen LogP contribution in [0.4, 0.5) is 0 Å². The van der Waals surface area contributed by atoms with Crippen molar-refractivity contribution in [2.45, 2.75) is 26.3 Å². The van der Waals surface area contributed by atoms with Gasteiger partial charge >= 0.3 is 0 Å². The van der Waals surface area contributed by atoms with Gasteiger partial charge in [-0.15, -0.1) is 0 Å². The number of halogens is 1. The lowest BCUT2D eigenvalue weighted by molar-refractivity contribution is 0.0937. The molecule has 0 aliphatic carbocycles. The normalized spacial score (nSPS) is 20.2. The van der Waals surface area contributed by atoms with Crippen molar-refractivity contribution in [2.75, 3.05) is 26.7 Å². The highest BCUT2D eigenvalue weighted by molar-refractivity contribution is 9.10. The Bertz CT molecular complexity index is 456.